The van der Waals surface area contributed by atoms with Gasteiger partial charge in [-0.15, -0.1) is 0 Å². The Bertz CT molecular complexity index is 552. The van der Waals surface area contributed by atoms with Gasteiger partial charge in [-0.2, -0.15) is 0 Å². The summed E-state index contributed by atoms with van der Waals surface area (Å²) in [5, 5.41) is 0.872. The van der Waals surface area contributed by atoms with Crippen molar-refractivity contribution in [2.75, 3.05) is 0 Å². The van der Waals surface area contributed by atoms with E-state index in [1.54, 1.807) is 0 Å². The maximum Gasteiger partial charge on any atom is 0.0451 e. The van der Waals surface area contributed by atoms with Gasteiger partial charge in [-0.25, -0.2) is 0 Å². The number of halogens is 1. The largest absolute Gasteiger partial charge is 0.291 e. The van der Waals surface area contributed by atoms with Crippen LogP contribution in [0.1, 0.15) is 22.3 Å². The second-order valence-corrected chi connectivity index (χ2v) is 5.42. The third kappa shape index (κ3) is 2.29. The molecule has 0 atom stereocenters. The summed E-state index contributed by atoms with van der Waals surface area (Å²) in [6.07, 6.45) is 0. The average molecular weight is 258 g/mol. The number of fused-ring (bicyclic) bond motifs is 1. The fourth-order valence-corrected chi connectivity index (χ4v) is 2.76. The van der Waals surface area contributed by atoms with Crippen LogP contribution in [0.4, 0.5) is 0 Å². The molecule has 0 N–H and O–H groups in total. The van der Waals surface area contributed by atoms with E-state index in [0.29, 0.717) is 0 Å². The standard InChI is InChI=1S/C16H16ClN/c1-12-6-7-16(17)15(8-12)11-18-9-13-4-2-3-5-14(13)10-18/h2-8H,9-11H2,1H3. The summed E-state index contributed by atoms with van der Waals surface area (Å²) in [4.78, 5) is 2.44. The SMILES string of the molecule is Cc1ccc(Cl)c(CN2Cc3ccccc3C2)c1. The number of rotatable bonds is 2. The van der Waals surface area contributed by atoms with Crippen molar-refractivity contribution in [2.45, 2.75) is 26.6 Å². The number of hydrogen-bond acceptors (Lipinski definition) is 1. The maximum absolute atomic E-state index is 6.26. The summed E-state index contributed by atoms with van der Waals surface area (Å²) in [6, 6.07) is 14.9. The van der Waals surface area contributed by atoms with Crippen LogP contribution in [-0.2, 0) is 19.6 Å². The van der Waals surface area contributed by atoms with Crippen molar-refractivity contribution in [1.82, 2.24) is 4.90 Å². The zero-order valence-corrected chi connectivity index (χ0v) is 11.2. The van der Waals surface area contributed by atoms with E-state index in [0.717, 1.165) is 24.7 Å². The molecule has 0 saturated heterocycles. The summed E-state index contributed by atoms with van der Waals surface area (Å²) in [5.74, 6) is 0. The topological polar surface area (TPSA) is 3.24 Å². The van der Waals surface area contributed by atoms with Crippen LogP contribution in [0.2, 0.25) is 5.02 Å². The van der Waals surface area contributed by atoms with E-state index in [4.69, 9.17) is 11.6 Å². The first kappa shape index (κ1) is 11.8. The van der Waals surface area contributed by atoms with Gasteiger partial charge in [0.15, 0.2) is 0 Å². The van der Waals surface area contributed by atoms with Gasteiger partial charge in [0.05, 0.1) is 0 Å². The second kappa shape index (κ2) is 4.75. The number of aryl methyl sites for hydroxylation is 1. The highest BCUT2D eigenvalue weighted by Gasteiger charge is 2.18. The number of hydrogen-bond donors (Lipinski definition) is 0. The lowest BCUT2D eigenvalue weighted by Gasteiger charge is -2.16. The normalized spacial score (nSPS) is 14.8. The molecular formula is C16H16ClN. The van der Waals surface area contributed by atoms with Gasteiger partial charge in [0, 0.05) is 24.7 Å². The van der Waals surface area contributed by atoms with Crippen molar-refractivity contribution < 1.29 is 0 Å². The highest BCUT2D eigenvalue weighted by atomic mass is 35.5. The first-order valence-corrected chi connectivity index (χ1v) is 6.64. The molecule has 2 aromatic rings. The lowest BCUT2D eigenvalue weighted by molar-refractivity contribution is 0.275. The van der Waals surface area contributed by atoms with E-state index in [-0.39, 0.29) is 0 Å². The van der Waals surface area contributed by atoms with Gasteiger partial charge >= 0.3 is 0 Å². The van der Waals surface area contributed by atoms with E-state index in [2.05, 4.69) is 48.2 Å². The van der Waals surface area contributed by atoms with Crippen molar-refractivity contribution in [3.63, 3.8) is 0 Å². The van der Waals surface area contributed by atoms with Gasteiger partial charge in [-0.1, -0.05) is 53.6 Å². The van der Waals surface area contributed by atoms with E-state index in [1.165, 1.54) is 22.3 Å². The molecule has 0 bridgehead atoms. The molecule has 1 aliphatic heterocycles. The molecule has 0 aliphatic carbocycles. The highest BCUT2D eigenvalue weighted by molar-refractivity contribution is 6.31. The zero-order valence-electron chi connectivity index (χ0n) is 10.5. The molecule has 0 saturated carbocycles. The summed E-state index contributed by atoms with van der Waals surface area (Å²) in [7, 11) is 0. The Morgan fingerprint density at radius 2 is 1.72 bits per heavy atom. The lowest BCUT2D eigenvalue weighted by atomic mass is 10.1. The molecular weight excluding hydrogens is 242 g/mol. The minimum absolute atomic E-state index is 0.872. The third-order valence-electron chi connectivity index (χ3n) is 3.50. The van der Waals surface area contributed by atoms with Crippen LogP contribution in [0.25, 0.3) is 0 Å². The van der Waals surface area contributed by atoms with Crippen LogP contribution >= 0.6 is 11.6 Å². The molecule has 0 unspecified atom stereocenters. The molecule has 3 rings (SSSR count). The van der Waals surface area contributed by atoms with E-state index >= 15 is 0 Å². The molecule has 1 aliphatic rings. The molecule has 2 heteroatoms. The molecule has 92 valence electrons. The van der Waals surface area contributed by atoms with Crippen molar-refractivity contribution in [1.29, 1.82) is 0 Å². The molecule has 18 heavy (non-hydrogen) atoms. The van der Waals surface area contributed by atoms with Gasteiger partial charge in [-0.3, -0.25) is 4.90 Å². The summed E-state index contributed by atoms with van der Waals surface area (Å²) in [5.41, 5.74) is 5.39. The van der Waals surface area contributed by atoms with E-state index in [9.17, 15) is 0 Å². The molecule has 1 heterocycles. The van der Waals surface area contributed by atoms with Crippen LogP contribution in [0.15, 0.2) is 42.5 Å². The fourth-order valence-electron chi connectivity index (χ4n) is 2.58. The van der Waals surface area contributed by atoms with Crippen molar-refractivity contribution in [3.05, 3.63) is 69.7 Å². The van der Waals surface area contributed by atoms with Gasteiger partial charge < -0.3 is 0 Å². The number of nitrogens with zero attached hydrogens (tertiary/aromatic N) is 1. The molecule has 0 fully saturated rings. The van der Waals surface area contributed by atoms with Crippen molar-refractivity contribution >= 4 is 11.6 Å². The smallest absolute Gasteiger partial charge is 0.0451 e. The summed E-state index contributed by atoms with van der Waals surface area (Å²) < 4.78 is 0. The Kier molecular flexibility index (Phi) is 3.11. The maximum atomic E-state index is 6.26. The minimum atomic E-state index is 0.872. The Balaban J connectivity index is 1.78. The van der Waals surface area contributed by atoms with Crippen LogP contribution in [-0.4, -0.2) is 4.90 Å². The highest BCUT2D eigenvalue weighted by Crippen LogP contribution is 2.26. The second-order valence-electron chi connectivity index (χ2n) is 5.01. The van der Waals surface area contributed by atoms with E-state index in [1.807, 2.05) is 6.07 Å². The van der Waals surface area contributed by atoms with Gasteiger partial charge in [0.2, 0.25) is 0 Å². The number of benzene rings is 2. The molecule has 0 amide bonds. The Morgan fingerprint density at radius 3 is 2.39 bits per heavy atom. The van der Waals surface area contributed by atoms with Crippen LogP contribution in [0.3, 0.4) is 0 Å². The quantitative estimate of drug-likeness (QED) is 0.781. The molecule has 0 aromatic heterocycles. The first-order valence-electron chi connectivity index (χ1n) is 6.26. The monoisotopic (exact) mass is 257 g/mol. The molecule has 2 aromatic carbocycles. The zero-order chi connectivity index (χ0) is 12.5. The predicted molar refractivity (Wildman–Crippen MR) is 75.6 cm³/mol. The minimum Gasteiger partial charge on any atom is -0.291 e. The van der Waals surface area contributed by atoms with E-state index < -0.39 is 0 Å². The van der Waals surface area contributed by atoms with Crippen molar-refractivity contribution in [2.24, 2.45) is 0 Å². The van der Waals surface area contributed by atoms with Gasteiger partial charge in [0.25, 0.3) is 0 Å². The Morgan fingerprint density at radius 1 is 1.06 bits per heavy atom. The van der Waals surface area contributed by atoms with Gasteiger partial charge in [-0.05, 0) is 29.7 Å². The first-order chi connectivity index (χ1) is 8.72. The average Bonchev–Trinajstić information content (AvgIpc) is 2.76. The van der Waals surface area contributed by atoms with Crippen LogP contribution < -0.4 is 0 Å². The third-order valence-corrected chi connectivity index (χ3v) is 3.87. The fraction of sp³-hybridized carbons (Fsp3) is 0.250. The Hall–Kier alpha value is -1.31. The summed E-state index contributed by atoms with van der Waals surface area (Å²) >= 11 is 6.26. The predicted octanol–water partition coefficient (Wildman–Crippen LogP) is 4.16. The van der Waals surface area contributed by atoms with Crippen molar-refractivity contribution in [3.8, 4) is 0 Å². The van der Waals surface area contributed by atoms with Crippen LogP contribution in [0.5, 0.6) is 0 Å². The molecule has 0 spiro atoms. The van der Waals surface area contributed by atoms with Gasteiger partial charge in [0.1, 0.15) is 0 Å². The molecule has 1 nitrogen and oxygen atoms in total. The summed E-state index contributed by atoms with van der Waals surface area (Å²) in [6.45, 7) is 5.09. The lowest BCUT2D eigenvalue weighted by Crippen LogP contribution is -2.15. The van der Waals surface area contributed by atoms with Crippen LogP contribution in [0, 0.1) is 6.92 Å². The molecule has 0 radical (unpaired) electrons. The Labute approximate surface area is 113 Å².